The first-order valence-corrected chi connectivity index (χ1v) is 7.25. The van der Waals surface area contributed by atoms with Crippen LogP contribution in [0.25, 0.3) is 0 Å². The van der Waals surface area contributed by atoms with E-state index in [0.29, 0.717) is 5.02 Å². The van der Waals surface area contributed by atoms with Crippen molar-refractivity contribution < 1.29 is 5.11 Å². The Morgan fingerprint density at radius 3 is 2.58 bits per heavy atom. The molecule has 0 aliphatic carbocycles. The molecule has 1 saturated heterocycles. The van der Waals surface area contributed by atoms with Crippen molar-refractivity contribution in [2.45, 2.75) is 0 Å². The molecule has 0 bridgehead atoms. The number of rotatable bonds is 2. The number of halogens is 1. The van der Waals surface area contributed by atoms with Crippen molar-refractivity contribution in [2.75, 3.05) is 36.0 Å². The van der Waals surface area contributed by atoms with Gasteiger partial charge in [0.15, 0.2) is 5.13 Å². The third-order valence-corrected chi connectivity index (χ3v) is 4.25. The molecule has 0 spiro atoms. The Balaban J connectivity index is 1.68. The minimum Gasteiger partial charge on any atom is -0.493 e. The lowest BCUT2D eigenvalue weighted by atomic mass is 10.3. The summed E-state index contributed by atoms with van der Waals surface area (Å²) in [5, 5.41) is 12.5. The smallest absolute Gasteiger partial charge is 0.223 e. The number of pyridine rings is 1. The van der Waals surface area contributed by atoms with Gasteiger partial charge in [0, 0.05) is 32.4 Å². The van der Waals surface area contributed by atoms with Crippen molar-refractivity contribution in [3.05, 3.63) is 28.7 Å². The van der Waals surface area contributed by atoms with E-state index >= 15 is 0 Å². The highest BCUT2D eigenvalue weighted by molar-refractivity contribution is 7.13. The van der Waals surface area contributed by atoms with Crippen molar-refractivity contribution in [3.8, 4) is 5.88 Å². The Kier molecular flexibility index (Phi) is 3.44. The summed E-state index contributed by atoms with van der Waals surface area (Å²) < 4.78 is 0. The van der Waals surface area contributed by atoms with Crippen LogP contribution < -0.4 is 9.80 Å². The molecule has 2 aromatic heterocycles. The average molecular weight is 297 g/mol. The van der Waals surface area contributed by atoms with Crippen LogP contribution in [0.4, 0.5) is 10.9 Å². The van der Waals surface area contributed by atoms with Crippen molar-refractivity contribution in [1.29, 1.82) is 0 Å². The molecule has 3 heterocycles. The molecule has 7 heteroatoms. The van der Waals surface area contributed by atoms with Crippen LogP contribution in [-0.4, -0.2) is 41.3 Å². The predicted octanol–water partition coefficient (Wildman–Crippen LogP) is 2.22. The zero-order valence-corrected chi connectivity index (χ0v) is 11.7. The van der Waals surface area contributed by atoms with E-state index in [1.165, 1.54) is 11.3 Å². The highest BCUT2D eigenvalue weighted by atomic mass is 35.5. The molecule has 100 valence electrons. The van der Waals surface area contributed by atoms with E-state index < -0.39 is 0 Å². The van der Waals surface area contributed by atoms with Gasteiger partial charge < -0.3 is 14.9 Å². The Morgan fingerprint density at radius 1 is 1.21 bits per heavy atom. The summed E-state index contributed by atoms with van der Waals surface area (Å²) >= 11 is 7.61. The molecule has 0 aromatic carbocycles. The summed E-state index contributed by atoms with van der Waals surface area (Å²) in [5.74, 6) is 0.931. The van der Waals surface area contributed by atoms with Gasteiger partial charge in [0.2, 0.25) is 5.88 Å². The number of aromatic hydroxyl groups is 1. The molecule has 1 aliphatic rings. The van der Waals surface area contributed by atoms with E-state index in [4.69, 9.17) is 11.6 Å². The lowest BCUT2D eigenvalue weighted by Gasteiger charge is -2.35. The number of aromatic nitrogens is 2. The van der Waals surface area contributed by atoms with Crippen LogP contribution in [-0.2, 0) is 0 Å². The first kappa shape index (κ1) is 12.5. The molecule has 1 fully saturated rings. The molecule has 0 radical (unpaired) electrons. The molecule has 1 aliphatic heterocycles. The van der Waals surface area contributed by atoms with Gasteiger partial charge in [-0.2, -0.15) is 4.98 Å². The van der Waals surface area contributed by atoms with Crippen molar-refractivity contribution in [1.82, 2.24) is 9.97 Å². The fraction of sp³-hybridized carbons (Fsp3) is 0.333. The Bertz CT molecular complexity index is 568. The van der Waals surface area contributed by atoms with E-state index in [1.807, 2.05) is 12.1 Å². The molecule has 0 unspecified atom stereocenters. The number of nitrogens with zero attached hydrogens (tertiary/aromatic N) is 4. The molecule has 0 amide bonds. The number of hydrogen-bond donors (Lipinski definition) is 1. The van der Waals surface area contributed by atoms with Crippen molar-refractivity contribution in [2.24, 2.45) is 0 Å². The van der Waals surface area contributed by atoms with Gasteiger partial charge in [0.1, 0.15) is 5.82 Å². The van der Waals surface area contributed by atoms with Crippen LogP contribution >= 0.6 is 22.9 Å². The number of piperazine rings is 1. The summed E-state index contributed by atoms with van der Waals surface area (Å²) in [5.41, 5.74) is 0. The predicted molar refractivity (Wildman–Crippen MR) is 77.5 cm³/mol. The summed E-state index contributed by atoms with van der Waals surface area (Å²) in [6.45, 7) is 3.38. The van der Waals surface area contributed by atoms with E-state index in [1.54, 1.807) is 11.6 Å². The molecular formula is C12H13ClN4OS. The Labute approximate surface area is 120 Å². The van der Waals surface area contributed by atoms with Gasteiger partial charge >= 0.3 is 0 Å². The average Bonchev–Trinajstić information content (AvgIpc) is 2.86. The summed E-state index contributed by atoms with van der Waals surface area (Å²) in [7, 11) is 0. The Morgan fingerprint density at radius 2 is 1.95 bits per heavy atom. The van der Waals surface area contributed by atoms with E-state index in [2.05, 4.69) is 19.8 Å². The second-order valence-corrected chi connectivity index (χ2v) is 5.51. The molecule has 0 saturated carbocycles. The fourth-order valence-electron chi connectivity index (χ4n) is 2.12. The molecule has 5 nitrogen and oxygen atoms in total. The Hall–Kier alpha value is -1.53. The molecule has 3 rings (SSSR count). The van der Waals surface area contributed by atoms with E-state index in [0.717, 1.165) is 37.1 Å². The topological polar surface area (TPSA) is 52.5 Å². The zero-order valence-electron chi connectivity index (χ0n) is 10.2. The molecule has 1 N–H and O–H groups in total. The van der Waals surface area contributed by atoms with E-state index in [-0.39, 0.29) is 5.88 Å². The van der Waals surface area contributed by atoms with Crippen LogP contribution in [0.15, 0.2) is 23.7 Å². The van der Waals surface area contributed by atoms with Crippen molar-refractivity contribution >= 4 is 33.9 Å². The lowest BCUT2D eigenvalue weighted by molar-refractivity contribution is 0.457. The van der Waals surface area contributed by atoms with Crippen LogP contribution in [0.1, 0.15) is 0 Å². The second kappa shape index (κ2) is 5.22. The lowest BCUT2D eigenvalue weighted by Crippen LogP contribution is -2.46. The first-order valence-electron chi connectivity index (χ1n) is 5.99. The summed E-state index contributed by atoms with van der Waals surface area (Å²) in [6, 6.07) is 3.69. The molecule has 2 aromatic rings. The second-order valence-electron chi connectivity index (χ2n) is 4.27. The maximum Gasteiger partial charge on any atom is 0.223 e. The first-order chi connectivity index (χ1) is 9.24. The van der Waals surface area contributed by atoms with Gasteiger partial charge in [-0.15, -0.1) is 11.3 Å². The van der Waals surface area contributed by atoms with Crippen LogP contribution in [0.5, 0.6) is 5.88 Å². The number of hydrogen-bond acceptors (Lipinski definition) is 6. The van der Waals surface area contributed by atoms with E-state index in [9.17, 15) is 5.11 Å². The SMILES string of the molecule is Oc1csc(N2CCN(c3ncccc3Cl)CC2)n1. The third kappa shape index (κ3) is 2.59. The minimum atomic E-state index is 0.0928. The normalized spacial score (nSPS) is 15.8. The third-order valence-electron chi connectivity index (χ3n) is 3.07. The highest BCUT2D eigenvalue weighted by Crippen LogP contribution is 2.27. The van der Waals surface area contributed by atoms with Gasteiger partial charge in [0.25, 0.3) is 0 Å². The molecule has 19 heavy (non-hydrogen) atoms. The maximum absolute atomic E-state index is 9.28. The number of anilines is 2. The fourth-order valence-corrected chi connectivity index (χ4v) is 3.10. The standard InChI is InChI=1S/C12H13ClN4OS/c13-9-2-1-3-14-11(9)16-4-6-17(7-5-16)12-15-10(18)8-19-12/h1-3,8,18H,4-7H2. The van der Waals surface area contributed by atoms with Gasteiger partial charge in [-0.1, -0.05) is 11.6 Å². The van der Waals surface area contributed by atoms with Crippen molar-refractivity contribution in [3.63, 3.8) is 0 Å². The van der Waals surface area contributed by atoms with Gasteiger partial charge in [-0.3, -0.25) is 0 Å². The van der Waals surface area contributed by atoms with Crippen LogP contribution in [0.3, 0.4) is 0 Å². The minimum absolute atomic E-state index is 0.0928. The largest absolute Gasteiger partial charge is 0.493 e. The zero-order chi connectivity index (χ0) is 13.2. The van der Waals surface area contributed by atoms with Gasteiger partial charge in [0.05, 0.1) is 10.4 Å². The molecule has 0 atom stereocenters. The summed E-state index contributed by atoms with van der Waals surface area (Å²) in [4.78, 5) is 12.8. The number of thiazole rings is 1. The monoisotopic (exact) mass is 296 g/mol. The van der Waals surface area contributed by atoms with Crippen LogP contribution in [0.2, 0.25) is 5.02 Å². The van der Waals surface area contributed by atoms with Gasteiger partial charge in [-0.25, -0.2) is 4.98 Å². The van der Waals surface area contributed by atoms with Crippen LogP contribution in [0, 0.1) is 0 Å². The highest BCUT2D eigenvalue weighted by Gasteiger charge is 2.21. The molecular weight excluding hydrogens is 284 g/mol. The van der Waals surface area contributed by atoms with Gasteiger partial charge in [-0.05, 0) is 12.1 Å². The quantitative estimate of drug-likeness (QED) is 0.921. The summed E-state index contributed by atoms with van der Waals surface area (Å²) in [6.07, 6.45) is 1.76. The maximum atomic E-state index is 9.28.